The minimum Gasteiger partial charge on any atom is -0.400 e. The third kappa shape index (κ3) is 3.13. The lowest BCUT2D eigenvalue weighted by molar-refractivity contribution is 0.225. The van der Waals surface area contributed by atoms with Crippen LogP contribution >= 0.6 is 11.8 Å². The van der Waals surface area contributed by atoms with Gasteiger partial charge in [-0.15, -0.1) is 0 Å². The van der Waals surface area contributed by atoms with Crippen LogP contribution < -0.4 is 4.74 Å². The van der Waals surface area contributed by atoms with Gasteiger partial charge in [-0.2, -0.15) is 5.10 Å². The molecule has 0 atom stereocenters. The molecule has 5 heteroatoms. The van der Waals surface area contributed by atoms with E-state index < -0.39 is 0 Å². The topological polar surface area (TPSA) is 55.0 Å². The van der Waals surface area contributed by atoms with Crippen molar-refractivity contribution in [2.24, 2.45) is 0 Å². The lowest BCUT2D eigenvalue weighted by atomic mass is 10.2. The number of ether oxygens (including phenoxy) is 1. The molecular formula is C11H10N2O2S. The molecule has 0 aliphatic heterocycles. The predicted octanol–water partition coefficient (Wildman–Crippen LogP) is 2.84. The molecular weight excluding hydrogens is 224 g/mol. The summed E-state index contributed by atoms with van der Waals surface area (Å²) in [6.07, 6.45) is 1.53. The molecule has 16 heavy (non-hydrogen) atoms. The van der Waals surface area contributed by atoms with E-state index in [0.29, 0.717) is 11.6 Å². The second kappa shape index (κ2) is 5.37. The summed E-state index contributed by atoms with van der Waals surface area (Å²) in [5, 5.41) is 5.90. The molecule has 0 saturated carbocycles. The van der Waals surface area contributed by atoms with Crippen molar-refractivity contribution < 1.29 is 9.53 Å². The molecule has 0 fully saturated rings. The number of rotatable bonds is 3. The highest BCUT2D eigenvalue weighted by molar-refractivity contribution is 8.12. The first-order chi connectivity index (χ1) is 7.84. The van der Waals surface area contributed by atoms with E-state index in [1.54, 1.807) is 6.07 Å². The van der Waals surface area contributed by atoms with Gasteiger partial charge in [0.05, 0.1) is 6.20 Å². The first kappa shape index (κ1) is 10.8. The lowest BCUT2D eigenvalue weighted by Gasteiger charge is -2.00. The minimum atomic E-state index is -0.340. The molecule has 0 amide bonds. The highest BCUT2D eigenvalue weighted by Gasteiger charge is 2.06. The van der Waals surface area contributed by atoms with Gasteiger partial charge in [0.2, 0.25) is 5.88 Å². The Labute approximate surface area is 97.0 Å². The molecule has 1 N–H and O–H groups in total. The Kier molecular flexibility index (Phi) is 3.61. The molecule has 1 aromatic heterocycles. The van der Waals surface area contributed by atoms with Crippen LogP contribution in [0.2, 0.25) is 0 Å². The summed E-state index contributed by atoms with van der Waals surface area (Å²) < 4.78 is 4.98. The van der Waals surface area contributed by atoms with Crippen LogP contribution in [0.5, 0.6) is 5.88 Å². The highest BCUT2D eigenvalue weighted by Crippen LogP contribution is 2.15. The lowest BCUT2D eigenvalue weighted by Crippen LogP contribution is -2.01. The molecule has 0 radical (unpaired) electrons. The number of thioether (sulfide) groups is 1. The first-order valence-electron chi connectivity index (χ1n) is 4.72. The maximum absolute atomic E-state index is 11.4. The summed E-state index contributed by atoms with van der Waals surface area (Å²) in [7, 11) is 0. The van der Waals surface area contributed by atoms with E-state index in [9.17, 15) is 4.79 Å². The molecule has 0 unspecified atom stereocenters. The highest BCUT2D eigenvalue weighted by atomic mass is 32.2. The first-order valence-corrected chi connectivity index (χ1v) is 5.71. The van der Waals surface area contributed by atoms with Crippen LogP contribution in [0.1, 0.15) is 5.56 Å². The van der Waals surface area contributed by atoms with Gasteiger partial charge in [0.1, 0.15) is 0 Å². The van der Waals surface area contributed by atoms with Crippen molar-refractivity contribution in [1.29, 1.82) is 0 Å². The van der Waals surface area contributed by atoms with Crippen molar-refractivity contribution in [2.75, 3.05) is 0 Å². The quantitative estimate of drug-likeness (QED) is 0.830. The molecule has 0 aliphatic carbocycles. The number of H-pyrrole nitrogens is 1. The van der Waals surface area contributed by atoms with Crippen LogP contribution in [-0.4, -0.2) is 15.5 Å². The maximum Gasteiger partial charge on any atom is 0.374 e. The number of carbonyl (C=O) groups is 1. The second-order valence-electron chi connectivity index (χ2n) is 3.05. The van der Waals surface area contributed by atoms with Gasteiger partial charge < -0.3 is 4.74 Å². The predicted molar refractivity (Wildman–Crippen MR) is 62.3 cm³/mol. The van der Waals surface area contributed by atoms with Crippen molar-refractivity contribution >= 4 is 17.1 Å². The van der Waals surface area contributed by atoms with Crippen LogP contribution in [0, 0.1) is 0 Å². The molecule has 0 bridgehead atoms. The molecule has 1 aromatic carbocycles. The van der Waals surface area contributed by atoms with E-state index in [2.05, 4.69) is 10.2 Å². The van der Waals surface area contributed by atoms with Gasteiger partial charge >= 0.3 is 5.30 Å². The average Bonchev–Trinajstić information content (AvgIpc) is 2.81. The van der Waals surface area contributed by atoms with Gasteiger partial charge in [-0.05, 0) is 17.3 Å². The van der Waals surface area contributed by atoms with Gasteiger partial charge in [0, 0.05) is 11.8 Å². The monoisotopic (exact) mass is 234 g/mol. The van der Waals surface area contributed by atoms with Gasteiger partial charge in [-0.3, -0.25) is 0 Å². The Balaban J connectivity index is 1.80. The van der Waals surface area contributed by atoms with Gasteiger partial charge in [0.25, 0.3) is 0 Å². The summed E-state index contributed by atoms with van der Waals surface area (Å²) in [4.78, 5) is 11.4. The molecule has 1 heterocycles. The van der Waals surface area contributed by atoms with E-state index in [0.717, 1.165) is 17.3 Å². The van der Waals surface area contributed by atoms with Gasteiger partial charge in [-0.25, -0.2) is 9.89 Å². The van der Waals surface area contributed by atoms with Crippen LogP contribution in [0.25, 0.3) is 0 Å². The number of benzene rings is 1. The zero-order valence-electron chi connectivity index (χ0n) is 8.42. The van der Waals surface area contributed by atoms with Crippen LogP contribution in [0.3, 0.4) is 0 Å². The van der Waals surface area contributed by atoms with E-state index in [1.807, 2.05) is 30.3 Å². The van der Waals surface area contributed by atoms with Crippen molar-refractivity contribution in [3.05, 3.63) is 48.2 Å². The zero-order chi connectivity index (χ0) is 11.2. The number of hydrogen-bond donors (Lipinski definition) is 1. The number of nitrogens with zero attached hydrogens (tertiary/aromatic N) is 1. The van der Waals surface area contributed by atoms with E-state index >= 15 is 0 Å². The number of aromatic amines is 1. The van der Waals surface area contributed by atoms with Crippen molar-refractivity contribution in [2.45, 2.75) is 5.75 Å². The SMILES string of the molecule is O=C(Oc1ccn[nH]1)SCc1ccccc1. The minimum absolute atomic E-state index is 0.340. The van der Waals surface area contributed by atoms with Gasteiger partial charge in [0.15, 0.2) is 0 Å². The fourth-order valence-corrected chi connectivity index (χ4v) is 1.76. The summed E-state index contributed by atoms with van der Waals surface area (Å²) >= 11 is 1.12. The number of aromatic nitrogens is 2. The molecule has 2 rings (SSSR count). The molecule has 0 aliphatic rings. The number of nitrogens with one attached hydrogen (secondary N) is 1. The van der Waals surface area contributed by atoms with Crippen LogP contribution in [0.15, 0.2) is 42.6 Å². The average molecular weight is 234 g/mol. The fourth-order valence-electron chi connectivity index (χ4n) is 1.14. The van der Waals surface area contributed by atoms with E-state index in [4.69, 9.17) is 4.74 Å². The molecule has 0 saturated heterocycles. The van der Waals surface area contributed by atoms with Gasteiger partial charge in [-0.1, -0.05) is 30.3 Å². The van der Waals surface area contributed by atoms with E-state index in [1.165, 1.54) is 6.20 Å². The van der Waals surface area contributed by atoms with Crippen LogP contribution in [0.4, 0.5) is 4.79 Å². The van der Waals surface area contributed by atoms with Crippen molar-refractivity contribution in [3.63, 3.8) is 0 Å². The van der Waals surface area contributed by atoms with E-state index in [-0.39, 0.29) is 5.30 Å². The Morgan fingerprint density at radius 2 is 2.12 bits per heavy atom. The largest absolute Gasteiger partial charge is 0.400 e. The Bertz CT molecular complexity index is 442. The summed E-state index contributed by atoms with van der Waals surface area (Å²) in [5.74, 6) is 0.971. The normalized spacial score (nSPS) is 10.0. The molecule has 82 valence electrons. The van der Waals surface area contributed by atoms with Crippen molar-refractivity contribution in [3.8, 4) is 5.88 Å². The number of carbonyl (C=O) groups excluding carboxylic acids is 1. The fraction of sp³-hybridized carbons (Fsp3) is 0.0909. The molecule has 2 aromatic rings. The van der Waals surface area contributed by atoms with Crippen LogP contribution in [-0.2, 0) is 5.75 Å². The Hall–Kier alpha value is -1.75. The Morgan fingerprint density at radius 1 is 1.31 bits per heavy atom. The maximum atomic E-state index is 11.4. The third-order valence-corrected chi connectivity index (χ3v) is 2.66. The standard InChI is InChI=1S/C11H10N2O2S/c14-11(15-10-6-7-12-13-10)16-8-9-4-2-1-3-5-9/h1-7H,8H2,(H,12,13). The Morgan fingerprint density at radius 3 is 2.81 bits per heavy atom. The molecule has 4 nitrogen and oxygen atoms in total. The smallest absolute Gasteiger partial charge is 0.374 e. The molecule has 0 spiro atoms. The second-order valence-corrected chi connectivity index (χ2v) is 3.96. The third-order valence-electron chi connectivity index (χ3n) is 1.87. The summed E-state index contributed by atoms with van der Waals surface area (Å²) in [6.45, 7) is 0. The van der Waals surface area contributed by atoms with Crippen molar-refractivity contribution in [1.82, 2.24) is 10.2 Å². The number of hydrogen-bond acceptors (Lipinski definition) is 4. The summed E-state index contributed by atoms with van der Waals surface area (Å²) in [6, 6.07) is 11.4. The zero-order valence-corrected chi connectivity index (χ0v) is 9.24. The summed E-state index contributed by atoms with van der Waals surface area (Å²) in [5.41, 5.74) is 1.09.